The van der Waals surface area contributed by atoms with Gasteiger partial charge >= 0.3 is 567 Å². The molecule has 2 aromatic heterocycles. The zero-order valence-electron chi connectivity index (χ0n) is 60.1. The summed E-state index contributed by atoms with van der Waals surface area (Å²) in [6, 6.07) is 32.7. The first-order valence-electron chi connectivity index (χ1n) is 35.6. The van der Waals surface area contributed by atoms with Crippen LogP contribution in [0.15, 0.2) is 117 Å². The quantitative estimate of drug-likeness (QED) is 0.00721. The number of hydrogen-bond donors (Lipinski definition) is 4. The SMILES string of the molecule is [CH2-][N+]1=C2N=c3c4ccccc4c4n3[Si-]3(O[Si](C)(C)CCC[N+](CCCS(=O)(=O)O)(CCCS(=O)(=O)O)CCCS(=O)(=O)O)(O[Si](C)(C)CCC[N+](CCCC)(CCCS(=O)(=O)O)CCOCCOCCOCCC(C)=O)n5c(c6ccccc6c5N=C5c6ccccc6C(=[N+]53)N=4)N=C1c1ccccc12. The van der Waals surface area contributed by atoms with Crippen LogP contribution in [-0.2, 0) is 67.7 Å². The number of ketones is 1. The maximum absolute atomic E-state index is 12.5. The van der Waals surface area contributed by atoms with E-state index in [0.717, 1.165) is 56.6 Å². The van der Waals surface area contributed by atoms with E-state index in [0.29, 0.717) is 148 Å². The van der Waals surface area contributed by atoms with E-state index in [2.05, 4.69) is 52.9 Å². The number of carbonyl (C=O) groups excluding carboxylic acids is 1. The van der Waals surface area contributed by atoms with Crippen molar-refractivity contribution in [2.45, 2.75) is 110 Å². The fourth-order valence-electron chi connectivity index (χ4n) is 15.8. The monoisotopic (exact) mass is 1570 g/mol. The van der Waals surface area contributed by atoms with E-state index < -0.39 is 88.4 Å². The molecule has 35 heteroatoms. The molecule has 0 aliphatic carbocycles. The van der Waals surface area contributed by atoms with Crippen LogP contribution < -0.4 is 11.0 Å². The summed E-state index contributed by atoms with van der Waals surface area (Å²) in [6.45, 7) is 16.7. The van der Waals surface area contributed by atoms with Gasteiger partial charge in [0, 0.05) is 6.42 Å². The van der Waals surface area contributed by atoms with Crippen molar-refractivity contribution < 1.29 is 96.9 Å². The first-order valence-corrected chi connectivity index (χ1v) is 50.5. The van der Waals surface area contributed by atoms with E-state index >= 15 is 0 Å². The Bertz CT molecular complexity index is 4960. The average Bonchev–Trinajstić information content (AvgIpc) is 1.33. The van der Waals surface area contributed by atoms with Gasteiger partial charge in [-0.3, -0.25) is 4.79 Å². The van der Waals surface area contributed by atoms with Gasteiger partial charge in [0.25, 0.3) is 0 Å². The summed E-state index contributed by atoms with van der Waals surface area (Å²) in [6.07, 6.45) is 2.82. The van der Waals surface area contributed by atoms with Crippen LogP contribution in [0.3, 0.4) is 0 Å². The number of aliphatic imine (C=N–C) groups is 2. The predicted octanol–water partition coefficient (Wildman–Crippen LogP) is 7.45. The molecule has 0 spiro atoms. The molecule has 0 amide bonds. The van der Waals surface area contributed by atoms with Crippen LogP contribution in [0.25, 0.3) is 21.5 Å². The van der Waals surface area contributed by atoms with E-state index in [9.17, 15) is 56.7 Å². The van der Waals surface area contributed by atoms with Gasteiger partial charge in [-0.1, -0.05) is 0 Å². The van der Waals surface area contributed by atoms with Gasteiger partial charge in [0.05, 0.1) is 19.8 Å². The van der Waals surface area contributed by atoms with Gasteiger partial charge in [0.2, 0.25) is 0 Å². The second-order valence-electron chi connectivity index (χ2n) is 29.2. The van der Waals surface area contributed by atoms with Crippen molar-refractivity contribution in [3.05, 3.63) is 137 Å². The molecular formula is C69H98N10O18S4Si3+2. The van der Waals surface area contributed by atoms with Crippen LogP contribution in [-0.4, -0.2) is 247 Å². The number of hydrogen-bond acceptors (Lipinski definition) is 18. The standard InChI is InChI=1S/C69H96N10O18S4Si3/c1-8-9-33-79(37-21-50-101(90,91)92,40-42-94-44-46-95-45-43-93-41-32-53(2)80)39-23-52-103(6,7)97-104(96-102(4,5)51-22-38-78(34-18-47-98(81,82)83,35-19-48-99(84,85)86)36-20-49-100(87,88)89)75-64-56-26-12-14-28-58(56)66(75)72-68-60-30-16-17-31-61(60)69(77(68)104)73-67-59-29-15-13-27-57(59)65(76(67)104)71-63-55-25-11-10-24-54(55)62(70-64)74(63)3/h10-17,24-31H,3,8-9,18-23,32-52H2,1-2,4-7H3,(H2-2,81,82,83,84,85,86,87,88,89,90,91,92)/p+2. The number of fused-ring (bicyclic) bond motifs is 13. The molecule has 28 nitrogen and oxygen atoms in total. The van der Waals surface area contributed by atoms with Crippen molar-refractivity contribution in [1.29, 1.82) is 0 Å². The number of benzene rings is 4. The van der Waals surface area contributed by atoms with Gasteiger partial charge < -0.3 is 4.74 Å². The van der Waals surface area contributed by atoms with E-state index in [-0.39, 0.29) is 62.1 Å². The molecule has 5 aliphatic rings. The normalized spacial score (nSPS) is 17.0. The van der Waals surface area contributed by atoms with Crippen molar-refractivity contribution in [2.75, 3.05) is 115 Å². The van der Waals surface area contributed by atoms with Crippen LogP contribution in [0.2, 0.25) is 38.3 Å². The molecule has 104 heavy (non-hydrogen) atoms. The third-order valence-corrected chi connectivity index (χ3v) is 37.5. The number of rotatable bonds is 43. The van der Waals surface area contributed by atoms with Gasteiger partial charge in [0.1, 0.15) is 5.78 Å². The summed E-state index contributed by atoms with van der Waals surface area (Å²) < 4.78 is 184. The molecule has 6 aromatic rings. The molecule has 11 rings (SSSR count). The second kappa shape index (κ2) is 31.2. The Morgan fingerprint density at radius 1 is 0.471 bits per heavy atom. The van der Waals surface area contributed by atoms with Gasteiger partial charge in [-0.05, 0) is 6.92 Å². The van der Waals surface area contributed by atoms with Gasteiger partial charge in [-0.15, -0.1) is 0 Å². The zero-order valence-corrected chi connectivity index (χ0v) is 66.3. The molecule has 4 N–H and O–H groups in total. The topological polar surface area (TPSA) is 346 Å². The number of Topliss-reactive ketones (excluding diaryl/α,β-unsaturated/α-hetero) is 1. The van der Waals surface area contributed by atoms with E-state index in [1.807, 2.05) is 97.1 Å². The van der Waals surface area contributed by atoms with Crippen molar-refractivity contribution in [2.24, 2.45) is 20.0 Å². The molecule has 1 unspecified atom stereocenters. The van der Waals surface area contributed by atoms with Crippen LogP contribution >= 0.6 is 0 Å². The van der Waals surface area contributed by atoms with Gasteiger partial charge in [0.15, 0.2) is 0 Å². The molecule has 0 fully saturated rings. The van der Waals surface area contributed by atoms with Crippen LogP contribution in [0.5, 0.6) is 0 Å². The minimum atomic E-state index is -6.23. The van der Waals surface area contributed by atoms with Crippen molar-refractivity contribution in [3.8, 4) is 0 Å². The number of ether oxygens (including phenoxy) is 3. The molecule has 5 aliphatic heterocycles. The Kier molecular flexibility index (Phi) is 23.6. The summed E-state index contributed by atoms with van der Waals surface area (Å²) in [5, 5.41) is 2.93. The summed E-state index contributed by atoms with van der Waals surface area (Å²) in [5.41, 5.74) is 4.03. The molecule has 0 radical (unpaired) electrons. The summed E-state index contributed by atoms with van der Waals surface area (Å²) in [4.78, 5) is 34.7. The summed E-state index contributed by atoms with van der Waals surface area (Å²) >= 11 is 0. The Labute approximate surface area is 611 Å². The predicted molar refractivity (Wildman–Crippen MR) is 404 cm³/mol. The molecule has 0 saturated carbocycles. The molecular weight excluding hydrogens is 1470 g/mol. The van der Waals surface area contributed by atoms with E-state index in [4.69, 9.17) is 42.4 Å². The Balaban J connectivity index is 1.11. The van der Waals surface area contributed by atoms with E-state index in [1.54, 1.807) is 4.58 Å². The molecule has 566 valence electrons. The van der Waals surface area contributed by atoms with Crippen LogP contribution in [0.1, 0.15) is 93.9 Å². The third-order valence-electron chi connectivity index (χ3n) is 20.3. The average molecular weight is 1570 g/mol. The summed E-state index contributed by atoms with van der Waals surface area (Å²) in [7, 11) is -26.5. The Morgan fingerprint density at radius 3 is 1.29 bits per heavy atom. The first kappa shape index (κ1) is 78.9. The Morgan fingerprint density at radius 2 is 0.837 bits per heavy atom. The zero-order chi connectivity index (χ0) is 74.8. The molecule has 2 bridgehead atoms. The van der Waals surface area contributed by atoms with Crippen LogP contribution in [0.4, 0.5) is 11.6 Å². The van der Waals surface area contributed by atoms with Crippen molar-refractivity contribution in [1.82, 2.24) is 8.47 Å². The second-order valence-corrected chi connectivity index (χ2v) is 48.4. The fraction of sp³-hybridized carbons (Fsp3) is 0.507. The summed E-state index contributed by atoms with van der Waals surface area (Å²) in [5.74, 6) is 0.712. The minimum absolute atomic E-state index is 0.0388. The first-order chi connectivity index (χ1) is 49.1. The molecule has 7 heterocycles. The number of carbonyl (C=O) groups is 1. The van der Waals surface area contributed by atoms with E-state index in [1.165, 1.54) is 6.92 Å². The number of amidine groups is 4. The maximum atomic E-state index is 12.5. The fourth-order valence-corrected chi connectivity index (χ4v) is 34.9. The number of nitrogens with zero attached hydrogens (tertiary/aromatic N) is 10. The van der Waals surface area contributed by atoms with Crippen molar-refractivity contribution in [3.63, 3.8) is 0 Å². The van der Waals surface area contributed by atoms with Gasteiger partial charge in [-0.2, -0.15) is 0 Å². The van der Waals surface area contributed by atoms with Crippen molar-refractivity contribution >= 4 is 128 Å². The molecule has 4 aromatic carbocycles. The molecule has 1 atom stereocenters. The van der Waals surface area contributed by atoms with Crippen LogP contribution in [0, 0.1) is 7.05 Å². The number of quaternary nitrogens is 2. The number of unbranched alkanes of at least 4 members (excludes halogenated alkanes) is 1. The number of aromatic nitrogens is 2. The Hall–Kier alpha value is -6.21. The third kappa shape index (κ3) is 17.2. The van der Waals surface area contributed by atoms with Gasteiger partial charge in [-0.25, -0.2) is 0 Å². The molecule has 0 saturated heterocycles.